The minimum Gasteiger partial charge on any atom is -0.346 e. The molecule has 3 heteroatoms. The fraction of sp³-hybridized carbons (Fsp3) is 0.533. The highest BCUT2D eigenvalue weighted by atomic mass is 79.9. The van der Waals surface area contributed by atoms with Crippen LogP contribution in [0.4, 0.5) is 0 Å². The van der Waals surface area contributed by atoms with E-state index in [4.69, 9.17) is 0 Å². The zero-order valence-electron chi connectivity index (χ0n) is 11.2. The molecule has 0 spiro atoms. The molecule has 2 rings (SSSR count). The van der Waals surface area contributed by atoms with Gasteiger partial charge in [-0.1, -0.05) is 54.9 Å². The van der Waals surface area contributed by atoms with Gasteiger partial charge >= 0.3 is 0 Å². The smallest absolute Gasteiger partial charge is 0.252 e. The Morgan fingerprint density at radius 1 is 1.33 bits per heavy atom. The molecule has 0 aromatic heterocycles. The Bertz CT molecular complexity index is 458. The third-order valence-corrected chi connectivity index (χ3v) is 4.54. The number of hydrogen-bond donors (Lipinski definition) is 1. The van der Waals surface area contributed by atoms with Gasteiger partial charge in [0, 0.05) is 10.9 Å². The lowest BCUT2D eigenvalue weighted by Gasteiger charge is -2.23. The molecule has 1 fully saturated rings. The van der Waals surface area contributed by atoms with Crippen LogP contribution in [0.2, 0.25) is 0 Å². The lowest BCUT2D eigenvalue weighted by molar-refractivity contribution is 0.0934. The molecule has 1 aliphatic carbocycles. The summed E-state index contributed by atoms with van der Waals surface area (Å²) in [5.74, 6) is 0.0532. The van der Waals surface area contributed by atoms with Gasteiger partial charge in [0.25, 0.3) is 5.91 Å². The van der Waals surface area contributed by atoms with E-state index in [1.807, 2.05) is 24.3 Å². The number of hydrogen-bond acceptors (Lipinski definition) is 1. The summed E-state index contributed by atoms with van der Waals surface area (Å²) in [7, 11) is 0. The van der Waals surface area contributed by atoms with Gasteiger partial charge in [-0.2, -0.15) is 0 Å². The maximum Gasteiger partial charge on any atom is 0.252 e. The van der Waals surface area contributed by atoms with Crippen molar-refractivity contribution in [3.05, 3.63) is 35.4 Å². The monoisotopic (exact) mass is 309 g/mol. The van der Waals surface area contributed by atoms with Crippen LogP contribution in [0.1, 0.15) is 49.5 Å². The van der Waals surface area contributed by atoms with Crippen LogP contribution in [0.15, 0.2) is 24.3 Å². The highest BCUT2D eigenvalue weighted by Gasteiger charge is 2.43. The lowest BCUT2D eigenvalue weighted by Crippen LogP contribution is -2.39. The highest BCUT2D eigenvalue weighted by molar-refractivity contribution is 9.09. The second-order valence-electron chi connectivity index (χ2n) is 6.16. The quantitative estimate of drug-likeness (QED) is 0.849. The number of nitrogens with one attached hydrogen (secondary N) is 1. The standard InChI is InChI=1S/C15H20BrNO/c1-14(2,3)12-7-5-4-6-11(12)13(18)17-15(10-16)8-9-15/h4-7H,8-10H2,1-3H3,(H,17,18). The van der Waals surface area contributed by atoms with Gasteiger partial charge in [-0.15, -0.1) is 0 Å². The molecule has 1 amide bonds. The Morgan fingerprint density at radius 2 is 1.94 bits per heavy atom. The molecule has 0 unspecified atom stereocenters. The van der Waals surface area contributed by atoms with Crippen molar-refractivity contribution in [3.63, 3.8) is 0 Å². The van der Waals surface area contributed by atoms with Crippen LogP contribution in [0.25, 0.3) is 0 Å². The molecule has 1 aromatic carbocycles. The second-order valence-corrected chi connectivity index (χ2v) is 6.72. The first-order valence-electron chi connectivity index (χ1n) is 6.36. The summed E-state index contributed by atoms with van der Waals surface area (Å²) in [4.78, 5) is 12.4. The third kappa shape index (κ3) is 2.77. The summed E-state index contributed by atoms with van der Waals surface area (Å²) in [5, 5.41) is 4.00. The van der Waals surface area contributed by atoms with Crippen molar-refractivity contribution in [2.45, 2.75) is 44.6 Å². The number of amides is 1. The molecule has 2 nitrogen and oxygen atoms in total. The fourth-order valence-corrected chi connectivity index (χ4v) is 2.79. The molecule has 1 aromatic rings. The molecule has 1 saturated carbocycles. The van der Waals surface area contributed by atoms with Crippen LogP contribution in [0, 0.1) is 0 Å². The molecule has 1 N–H and O–H groups in total. The summed E-state index contributed by atoms with van der Waals surface area (Å²) in [6.45, 7) is 6.41. The average molecular weight is 310 g/mol. The van der Waals surface area contributed by atoms with Gasteiger partial charge in [0.15, 0.2) is 0 Å². The molecule has 0 saturated heterocycles. The Morgan fingerprint density at radius 3 is 2.44 bits per heavy atom. The summed E-state index contributed by atoms with van der Waals surface area (Å²) >= 11 is 3.48. The first-order chi connectivity index (χ1) is 8.38. The molecule has 0 heterocycles. The van der Waals surface area contributed by atoms with Gasteiger partial charge in [-0.25, -0.2) is 0 Å². The van der Waals surface area contributed by atoms with E-state index in [2.05, 4.69) is 42.0 Å². The van der Waals surface area contributed by atoms with Crippen LogP contribution in [0.5, 0.6) is 0 Å². The van der Waals surface area contributed by atoms with Crippen LogP contribution >= 0.6 is 15.9 Å². The summed E-state index contributed by atoms with van der Waals surface area (Å²) in [6.07, 6.45) is 2.14. The molecule has 0 radical (unpaired) electrons. The van der Waals surface area contributed by atoms with E-state index in [9.17, 15) is 4.79 Å². The van der Waals surface area contributed by atoms with Crippen LogP contribution in [0.3, 0.4) is 0 Å². The van der Waals surface area contributed by atoms with E-state index in [-0.39, 0.29) is 16.9 Å². The number of benzene rings is 1. The molecule has 18 heavy (non-hydrogen) atoms. The topological polar surface area (TPSA) is 29.1 Å². The Kier molecular flexibility index (Phi) is 3.54. The minimum absolute atomic E-state index is 0.00206. The molecular formula is C15H20BrNO. The van der Waals surface area contributed by atoms with Gasteiger partial charge in [0.2, 0.25) is 0 Å². The van der Waals surface area contributed by atoms with Crippen molar-refractivity contribution in [3.8, 4) is 0 Å². The summed E-state index contributed by atoms with van der Waals surface area (Å²) in [6, 6.07) is 7.88. The Hall–Kier alpha value is -0.830. The average Bonchev–Trinajstić information content (AvgIpc) is 3.08. The van der Waals surface area contributed by atoms with Crippen LogP contribution in [-0.4, -0.2) is 16.8 Å². The van der Waals surface area contributed by atoms with Crippen molar-refractivity contribution < 1.29 is 4.79 Å². The minimum atomic E-state index is -0.0148. The number of carbonyl (C=O) groups is 1. The number of rotatable bonds is 3. The molecular weight excluding hydrogens is 290 g/mol. The van der Waals surface area contributed by atoms with E-state index < -0.39 is 0 Å². The largest absolute Gasteiger partial charge is 0.346 e. The van der Waals surface area contributed by atoms with E-state index >= 15 is 0 Å². The van der Waals surface area contributed by atoms with E-state index in [1.165, 1.54) is 0 Å². The fourth-order valence-electron chi connectivity index (χ4n) is 2.09. The highest BCUT2D eigenvalue weighted by Crippen LogP contribution is 2.37. The lowest BCUT2D eigenvalue weighted by atomic mass is 9.83. The van der Waals surface area contributed by atoms with E-state index in [0.717, 1.165) is 29.3 Å². The number of alkyl halides is 1. The second kappa shape index (κ2) is 4.69. The maximum atomic E-state index is 12.4. The van der Waals surface area contributed by atoms with Gasteiger partial charge in [-0.3, -0.25) is 4.79 Å². The predicted octanol–water partition coefficient (Wildman–Crippen LogP) is 3.64. The van der Waals surface area contributed by atoms with Crippen molar-refractivity contribution in [1.82, 2.24) is 5.32 Å². The zero-order chi connectivity index (χ0) is 13.4. The van der Waals surface area contributed by atoms with Crippen molar-refractivity contribution in [1.29, 1.82) is 0 Å². The van der Waals surface area contributed by atoms with Crippen molar-refractivity contribution in [2.24, 2.45) is 0 Å². The molecule has 0 atom stereocenters. The molecule has 98 valence electrons. The van der Waals surface area contributed by atoms with E-state index in [0.29, 0.717) is 0 Å². The first-order valence-corrected chi connectivity index (χ1v) is 7.48. The van der Waals surface area contributed by atoms with E-state index in [1.54, 1.807) is 0 Å². The van der Waals surface area contributed by atoms with Gasteiger partial charge in [-0.05, 0) is 29.9 Å². The third-order valence-electron chi connectivity index (χ3n) is 3.47. The normalized spacial score (nSPS) is 17.3. The van der Waals surface area contributed by atoms with Gasteiger partial charge in [0.05, 0.1) is 5.54 Å². The van der Waals surface area contributed by atoms with Crippen molar-refractivity contribution >= 4 is 21.8 Å². The Labute approximate surface area is 117 Å². The first kappa shape index (κ1) is 13.6. The zero-order valence-corrected chi connectivity index (χ0v) is 12.8. The van der Waals surface area contributed by atoms with Crippen LogP contribution in [-0.2, 0) is 5.41 Å². The molecule has 0 bridgehead atoms. The molecule has 1 aliphatic rings. The number of carbonyl (C=O) groups excluding carboxylic acids is 1. The maximum absolute atomic E-state index is 12.4. The molecule has 0 aliphatic heterocycles. The Balaban J connectivity index is 2.25. The van der Waals surface area contributed by atoms with Crippen LogP contribution < -0.4 is 5.32 Å². The summed E-state index contributed by atoms with van der Waals surface area (Å²) in [5.41, 5.74) is 1.89. The van der Waals surface area contributed by atoms with Gasteiger partial charge in [0.1, 0.15) is 0 Å². The predicted molar refractivity (Wildman–Crippen MR) is 78.4 cm³/mol. The van der Waals surface area contributed by atoms with Gasteiger partial charge < -0.3 is 5.32 Å². The SMILES string of the molecule is CC(C)(C)c1ccccc1C(=O)NC1(CBr)CC1. The van der Waals surface area contributed by atoms with Crippen molar-refractivity contribution in [2.75, 3.05) is 5.33 Å². The number of halogens is 1. The summed E-state index contributed by atoms with van der Waals surface area (Å²) < 4.78 is 0.